The van der Waals surface area contributed by atoms with Gasteiger partial charge in [0.25, 0.3) is 0 Å². The lowest BCUT2D eigenvalue weighted by atomic mass is 10.1. The Morgan fingerprint density at radius 2 is 1.96 bits per heavy atom. The summed E-state index contributed by atoms with van der Waals surface area (Å²) in [6.07, 6.45) is -0.0976. The average Bonchev–Trinajstić information content (AvgIpc) is 3.03. The fourth-order valence-electron chi connectivity index (χ4n) is 2.49. The number of amides is 1. The number of halogens is 3. The molecular formula is C18H15Cl2FN2OS. The van der Waals surface area contributed by atoms with Crippen LogP contribution in [-0.4, -0.2) is 28.3 Å². The zero-order valence-electron chi connectivity index (χ0n) is 13.4. The van der Waals surface area contributed by atoms with Crippen molar-refractivity contribution in [3.8, 4) is 0 Å². The van der Waals surface area contributed by atoms with Crippen molar-refractivity contribution in [3.05, 3.63) is 63.4 Å². The minimum atomic E-state index is -0.475. The molecule has 1 saturated heterocycles. The quantitative estimate of drug-likeness (QED) is 0.709. The Balaban J connectivity index is 1.85. The van der Waals surface area contributed by atoms with Crippen molar-refractivity contribution in [2.45, 2.75) is 13.3 Å². The lowest BCUT2D eigenvalue weighted by molar-refractivity contribution is -0.126. The van der Waals surface area contributed by atoms with Gasteiger partial charge < -0.3 is 0 Å². The summed E-state index contributed by atoms with van der Waals surface area (Å²) in [5.74, 6) is 0.0437. The fourth-order valence-corrected chi connectivity index (χ4v) is 3.86. The number of benzene rings is 2. The number of hydrogen-bond donors (Lipinski definition) is 0. The summed E-state index contributed by atoms with van der Waals surface area (Å²) in [5, 5.41) is 1.48. The van der Waals surface area contributed by atoms with Crippen LogP contribution in [0.3, 0.4) is 0 Å². The molecule has 0 bridgehead atoms. The molecule has 1 amide bonds. The van der Waals surface area contributed by atoms with Crippen molar-refractivity contribution in [1.29, 1.82) is 0 Å². The first kappa shape index (κ1) is 18.2. The monoisotopic (exact) mass is 396 g/mol. The van der Waals surface area contributed by atoms with E-state index < -0.39 is 5.82 Å². The van der Waals surface area contributed by atoms with Gasteiger partial charge in [0.05, 0.1) is 12.1 Å². The standard InChI is InChI=1S/C18H15Cl2FN2OS/c1-11-13(19)4-3-7-16(11)22-18-23(8-9-25-18)17(24)10-12-14(20)5-2-6-15(12)21/h2-7H,8-10H2,1H3. The van der Waals surface area contributed by atoms with Crippen LogP contribution in [0.15, 0.2) is 41.4 Å². The topological polar surface area (TPSA) is 32.7 Å². The van der Waals surface area contributed by atoms with E-state index in [1.165, 1.54) is 23.9 Å². The summed E-state index contributed by atoms with van der Waals surface area (Å²) in [5.41, 5.74) is 1.79. The first-order valence-corrected chi connectivity index (χ1v) is 9.41. The van der Waals surface area contributed by atoms with Crippen molar-refractivity contribution in [2.75, 3.05) is 12.3 Å². The summed E-state index contributed by atoms with van der Waals surface area (Å²) in [4.78, 5) is 18.8. The van der Waals surface area contributed by atoms with Crippen LogP contribution in [0, 0.1) is 12.7 Å². The Bertz CT molecular complexity index is 837. The van der Waals surface area contributed by atoms with Gasteiger partial charge in [-0.05, 0) is 36.8 Å². The predicted octanol–water partition coefficient (Wildman–Crippen LogP) is 5.25. The zero-order chi connectivity index (χ0) is 18.0. The summed E-state index contributed by atoms with van der Waals surface area (Å²) in [6.45, 7) is 2.42. The van der Waals surface area contributed by atoms with E-state index >= 15 is 0 Å². The minimum Gasteiger partial charge on any atom is -0.290 e. The largest absolute Gasteiger partial charge is 0.290 e. The molecule has 0 aromatic heterocycles. The summed E-state index contributed by atoms with van der Waals surface area (Å²) < 4.78 is 13.9. The molecule has 3 rings (SSSR count). The molecule has 0 atom stereocenters. The minimum absolute atomic E-state index is 0.0976. The normalized spacial score (nSPS) is 15.8. The van der Waals surface area contributed by atoms with Crippen LogP contribution >= 0.6 is 35.0 Å². The maximum atomic E-state index is 13.9. The summed E-state index contributed by atoms with van der Waals surface area (Å²) in [6, 6.07) is 9.87. The van der Waals surface area contributed by atoms with Crippen LogP contribution in [0.25, 0.3) is 0 Å². The van der Waals surface area contributed by atoms with Gasteiger partial charge in [0.1, 0.15) is 5.82 Å². The highest BCUT2D eigenvalue weighted by Crippen LogP contribution is 2.29. The zero-order valence-corrected chi connectivity index (χ0v) is 15.8. The van der Waals surface area contributed by atoms with E-state index in [2.05, 4.69) is 4.99 Å². The number of carbonyl (C=O) groups excluding carboxylic acids is 1. The fraction of sp³-hybridized carbons (Fsp3) is 0.222. The molecule has 7 heteroatoms. The highest BCUT2D eigenvalue weighted by atomic mass is 35.5. The second kappa shape index (κ2) is 7.77. The Hall–Kier alpha value is -1.56. The maximum Gasteiger partial charge on any atom is 0.233 e. The van der Waals surface area contributed by atoms with Gasteiger partial charge in [-0.2, -0.15) is 0 Å². The van der Waals surface area contributed by atoms with Gasteiger partial charge >= 0.3 is 0 Å². The molecule has 2 aromatic carbocycles. The number of aliphatic imine (C=N–C) groups is 1. The third kappa shape index (κ3) is 4.00. The van der Waals surface area contributed by atoms with Crippen molar-refractivity contribution >= 4 is 51.7 Å². The number of thioether (sulfide) groups is 1. The van der Waals surface area contributed by atoms with Crippen LogP contribution < -0.4 is 0 Å². The molecular weight excluding hydrogens is 382 g/mol. The van der Waals surface area contributed by atoms with E-state index in [9.17, 15) is 9.18 Å². The molecule has 0 aliphatic carbocycles. The van der Waals surface area contributed by atoms with Gasteiger partial charge in [-0.1, -0.05) is 47.1 Å². The second-order valence-electron chi connectivity index (χ2n) is 5.55. The molecule has 1 fully saturated rings. The first-order valence-electron chi connectivity index (χ1n) is 7.67. The Labute approximate surface area is 159 Å². The highest BCUT2D eigenvalue weighted by Gasteiger charge is 2.27. The van der Waals surface area contributed by atoms with Gasteiger partial charge in [-0.15, -0.1) is 0 Å². The molecule has 2 aromatic rings. The van der Waals surface area contributed by atoms with Crippen LogP contribution in [-0.2, 0) is 11.2 Å². The van der Waals surface area contributed by atoms with Crippen molar-refractivity contribution in [3.63, 3.8) is 0 Å². The number of amidine groups is 1. The molecule has 0 saturated carbocycles. The van der Waals surface area contributed by atoms with Crippen LogP contribution in [0.1, 0.15) is 11.1 Å². The van der Waals surface area contributed by atoms with Gasteiger partial charge in [0, 0.05) is 27.9 Å². The Kier molecular flexibility index (Phi) is 5.67. The van der Waals surface area contributed by atoms with Gasteiger partial charge in [0.2, 0.25) is 5.91 Å². The van der Waals surface area contributed by atoms with E-state index in [1.54, 1.807) is 17.0 Å². The molecule has 0 spiro atoms. The first-order chi connectivity index (χ1) is 12.0. The summed E-state index contributed by atoms with van der Waals surface area (Å²) in [7, 11) is 0. The number of rotatable bonds is 3. The molecule has 1 heterocycles. The highest BCUT2D eigenvalue weighted by molar-refractivity contribution is 8.14. The molecule has 0 N–H and O–H groups in total. The van der Waals surface area contributed by atoms with Crippen molar-refractivity contribution in [2.24, 2.45) is 4.99 Å². The van der Waals surface area contributed by atoms with Crippen LogP contribution in [0.4, 0.5) is 10.1 Å². The Morgan fingerprint density at radius 1 is 1.24 bits per heavy atom. The predicted molar refractivity (Wildman–Crippen MR) is 103 cm³/mol. The van der Waals surface area contributed by atoms with Gasteiger partial charge in [-0.3, -0.25) is 9.69 Å². The smallest absolute Gasteiger partial charge is 0.233 e. The van der Waals surface area contributed by atoms with E-state index in [4.69, 9.17) is 23.2 Å². The van der Waals surface area contributed by atoms with E-state index in [-0.39, 0.29) is 22.9 Å². The molecule has 130 valence electrons. The number of carbonyl (C=O) groups is 1. The second-order valence-corrected chi connectivity index (χ2v) is 7.43. The van der Waals surface area contributed by atoms with Crippen molar-refractivity contribution < 1.29 is 9.18 Å². The average molecular weight is 397 g/mol. The van der Waals surface area contributed by atoms with E-state index in [0.717, 1.165) is 17.0 Å². The lowest BCUT2D eigenvalue weighted by Gasteiger charge is -2.17. The third-order valence-corrected chi connectivity index (χ3v) is 5.64. The van der Waals surface area contributed by atoms with E-state index in [1.807, 2.05) is 19.1 Å². The van der Waals surface area contributed by atoms with E-state index in [0.29, 0.717) is 16.7 Å². The van der Waals surface area contributed by atoms with Crippen LogP contribution in [0.5, 0.6) is 0 Å². The molecule has 1 aliphatic rings. The maximum absolute atomic E-state index is 13.9. The number of hydrogen-bond acceptors (Lipinski definition) is 3. The van der Waals surface area contributed by atoms with Gasteiger partial charge in [0.15, 0.2) is 5.17 Å². The molecule has 3 nitrogen and oxygen atoms in total. The molecule has 0 unspecified atom stereocenters. The molecule has 0 radical (unpaired) electrons. The molecule has 1 aliphatic heterocycles. The third-order valence-electron chi connectivity index (χ3n) is 3.92. The van der Waals surface area contributed by atoms with Gasteiger partial charge in [-0.25, -0.2) is 9.38 Å². The SMILES string of the molecule is Cc1c(Cl)cccc1N=C1SCCN1C(=O)Cc1c(F)cccc1Cl. The number of nitrogens with zero attached hydrogens (tertiary/aromatic N) is 2. The summed E-state index contributed by atoms with van der Waals surface area (Å²) >= 11 is 13.6. The lowest BCUT2D eigenvalue weighted by Crippen LogP contribution is -2.33. The Morgan fingerprint density at radius 3 is 2.72 bits per heavy atom. The molecule has 25 heavy (non-hydrogen) atoms. The van der Waals surface area contributed by atoms with Crippen molar-refractivity contribution in [1.82, 2.24) is 4.90 Å². The van der Waals surface area contributed by atoms with Crippen LogP contribution in [0.2, 0.25) is 10.0 Å².